The normalized spacial score (nSPS) is 10.6. The third kappa shape index (κ3) is 2.60. The first kappa shape index (κ1) is 14.3. The zero-order chi connectivity index (χ0) is 15.7. The van der Waals surface area contributed by atoms with E-state index in [1.165, 1.54) is 6.07 Å². The molecule has 22 heavy (non-hydrogen) atoms. The average molecular weight is 317 g/mol. The minimum absolute atomic E-state index is 0.00939. The highest BCUT2D eigenvalue weighted by atomic mass is 32.1. The van der Waals surface area contributed by atoms with Crippen LogP contribution in [0, 0.1) is 11.6 Å². The lowest BCUT2D eigenvalue weighted by atomic mass is 10.1. The van der Waals surface area contributed by atoms with Gasteiger partial charge in [-0.1, -0.05) is 30.3 Å². The highest BCUT2D eigenvalue weighted by Gasteiger charge is 2.20. The molecule has 3 aromatic rings. The number of thiazole rings is 1. The molecule has 0 spiro atoms. The van der Waals surface area contributed by atoms with Crippen molar-refractivity contribution in [2.75, 3.05) is 0 Å². The molecule has 0 aliphatic carbocycles. The summed E-state index contributed by atoms with van der Waals surface area (Å²) in [6.45, 7) is 0. The molecular formula is C16H9F2NO2S. The SMILES string of the molecule is O=C(O)c1sc(-c2ccccc2)nc1-c1ccc(F)c(F)c1. The fraction of sp³-hybridized carbons (Fsp3) is 0. The first-order valence-corrected chi connectivity index (χ1v) is 7.13. The first-order valence-electron chi connectivity index (χ1n) is 6.31. The Bertz CT molecular complexity index is 847. The van der Waals surface area contributed by atoms with Gasteiger partial charge in [-0.25, -0.2) is 18.6 Å². The van der Waals surface area contributed by atoms with Crippen molar-refractivity contribution in [3.63, 3.8) is 0 Å². The predicted molar refractivity (Wildman–Crippen MR) is 79.9 cm³/mol. The summed E-state index contributed by atoms with van der Waals surface area (Å²) in [5.41, 5.74) is 1.13. The Balaban J connectivity index is 2.16. The molecule has 0 unspecified atom stereocenters. The highest BCUT2D eigenvalue weighted by Crippen LogP contribution is 2.34. The lowest BCUT2D eigenvalue weighted by molar-refractivity contribution is 0.0702. The minimum atomic E-state index is -1.15. The summed E-state index contributed by atoms with van der Waals surface area (Å²) in [6, 6.07) is 12.3. The molecule has 2 aromatic carbocycles. The molecule has 0 bridgehead atoms. The van der Waals surface area contributed by atoms with E-state index in [-0.39, 0.29) is 16.1 Å². The van der Waals surface area contributed by atoms with Crippen molar-refractivity contribution in [1.82, 2.24) is 4.98 Å². The Labute approximate surface area is 128 Å². The van der Waals surface area contributed by atoms with Crippen LogP contribution in [0.2, 0.25) is 0 Å². The van der Waals surface area contributed by atoms with Crippen LogP contribution >= 0.6 is 11.3 Å². The van der Waals surface area contributed by atoms with Gasteiger partial charge in [-0.05, 0) is 18.2 Å². The molecule has 0 aliphatic heterocycles. The molecule has 0 radical (unpaired) electrons. The molecule has 3 rings (SSSR count). The van der Waals surface area contributed by atoms with Gasteiger partial charge in [-0.2, -0.15) is 0 Å². The number of rotatable bonds is 3. The summed E-state index contributed by atoms with van der Waals surface area (Å²) < 4.78 is 26.4. The zero-order valence-corrected chi connectivity index (χ0v) is 11.9. The Kier molecular flexibility index (Phi) is 3.68. The minimum Gasteiger partial charge on any atom is -0.477 e. The van der Waals surface area contributed by atoms with Crippen LogP contribution in [-0.2, 0) is 0 Å². The van der Waals surface area contributed by atoms with Crippen LogP contribution in [0.4, 0.5) is 8.78 Å². The van der Waals surface area contributed by atoms with Crippen LogP contribution in [0.15, 0.2) is 48.5 Å². The van der Waals surface area contributed by atoms with E-state index in [2.05, 4.69) is 4.98 Å². The maximum Gasteiger partial charge on any atom is 0.348 e. The van der Waals surface area contributed by atoms with Gasteiger partial charge in [-0.3, -0.25) is 0 Å². The molecule has 6 heteroatoms. The number of aromatic carboxylic acids is 1. The van der Waals surface area contributed by atoms with Gasteiger partial charge in [0.05, 0.1) is 5.69 Å². The van der Waals surface area contributed by atoms with E-state index in [0.717, 1.165) is 29.0 Å². The van der Waals surface area contributed by atoms with Crippen molar-refractivity contribution in [1.29, 1.82) is 0 Å². The van der Waals surface area contributed by atoms with Crippen molar-refractivity contribution in [2.24, 2.45) is 0 Å². The van der Waals surface area contributed by atoms with Crippen LogP contribution in [0.25, 0.3) is 21.8 Å². The standard InChI is InChI=1S/C16H9F2NO2S/c17-11-7-6-10(8-12(11)18)13-14(16(20)21)22-15(19-13)9-4-2-1-3-5-9/h1-8H,(H,20,21). The van der Waals surface area contributed by atoms with E-state index in [4.69, 9.17) is 0 Å². The molecule has 110 valence electrons. The van der Waals surface area contributed by atoms with Gasteiger partial charge < -0.3 is 5.11 Å². The summed E-state index contributed by atoms with van der Waals surface area (Å²) in [5.74, 6) is -3.18. The molecule has 0 aliphatic rings. The Morgan fingerprint density at radius 1 is 1.00 bits per heavy atom. The van der Waals surface area contributed by atoms with E-state index in [9.17, 15) is 18.7 Å². The summed E-state index contributed by atoms with van der Waals surface area (Å²) in [4.78, 5) is 15.7. The lowest BCUT2D eigenvalue weighted by Crippen LogP contribution is -1.96. The number of carboxylic acid groups (broad SMARTS) is 1. The molecule has 0 amide bonds. The Hall–Kier alpha value is -2.60. The van der Waals surface area contributed by atoms with Crippen molar-refractivity contribution in [3.8, 4) is 21.8 Å². The summed E-state index contributed by atoms with van der Waals surface area (Å²) >= 11 is 0.999. The van der Waals surface area contributed by atoms with Gasteiger partial charge in [0.15, 0.2) is 11.6 Å². The Morgan fingerprint density at radius 2 is 1.73 bits per heavy atom. The first-order chi connectivity index (χ1) is 10.6. The highest BCUT2D eigenvalue weighted by molar-refractivity contribution is 7.17. The fourth-order valence-corrected chi connectivity index (χ4v) is 2.94. The summed E-state index contributed by atoms with van der Waals surface area (Å²) in [5, 5.41) is 9.83. The van der Waals surface area contributed by atoms with Crippen LogP contribution in [0.3, 0.4) is 0 Å². The number of benzene rings is 2. The number of aromatic nitrogens is 1. The van der Waals surface area contributed by atoms with Crippen molar-refractivity contribution >= 4 is 17.3 Å². The van der Waals surface area contributed by atoms with Gasteiger partial charge in [0.1, 0.15) is 9.88 Å². The molecule has 1 N–H and O–H groups in total. The second-order valence-corrected chi connectivity index (χ2v) is 5.50. The third-order valence-electron chi connectivity index (χ3n) is 3.04. The van der Waals surface area contributed by atoms with Crippen LogP contribution in [-0.4, -0.2) is 16.1 Å². The second kappa shape index (κ2) is 5.65. The average Bonchev–Trinajstić information content (AvgIpc) is 2.96. The smallest absolute Gasteiger partial charge is 0.348 e. The van der Waals surface area contributed by atoms with Crippen molar-refractivity contribution in [2.45, 2.75) is 0 Å². The van der Waals surface area contributed by atoms with Gasteiger partial charge in [0.25, 0.3) is 0 Å². The third-order valence-corrected chi connectivity index (χ3v) is 4.13. The molecular weight excluding hydrogens is 308 g/mol. The maximum absolute atomic E-state index is 13.4. The molecule has 3 nitrogen and oxygen atoms in total. The topological polar surface area (TPSA) is 50.2 Å². The summed E-state index contributed by atoms with van der Waals surface area (Å²) in [7, 11) is 0. The summed E-state index contributed by atoms with van der Waals surface area (Å²) in [6.07, 6.45) is 0. The van der Waals surface area contributed by atoms with Crippen LogP contribution < -0.4 is 0 Å². The quantitative estimate of drug-likeness (QED) is 0.776. The van der Waals surface area contributed by atoms with Crippen LogP contribution in [0.5, 0.6) is 0 Å². The van der Waals surface area contributed by atoms with Gasteiger partial charge in [-0.15, -0.1) is 11.3 Å². The lowest BCUT2D eigenvalue weighted by Gasteiger charge is -2.00. The van der Waals surface area contributed by atoms with Crippen LogP contribution in [0.1, 0.15) is 9.67 Å². The Morgan fingerprint density at radius 3 is 2.36 bits per heavy atom. The number of carbonyl (C=O) groups is 1. The van der Waals surface area contributed by atoms with Crippen molar-refractivity contribution in [3.05, 3.63) is 65.0 Å². The largest absolute Gasteiger partial charge is 0.477 e. The maximum atomic E-state index is 13.4. The number of hydrogen-bond donors (Lipinski definition) is 1. The monoisotopic (exact) mass is 317 g/mol. The number of carboxylic acids is 1. The van der Waals surface area contributed by atoms with E-state index in [1.54, 1.807) is 12.1 Å². The molecule has 0 saturated carbocycles. The number of halogens is 2. The molecule has 0 atom stereocenters. The predicted octanol–water partition coefficient (Wildman–Crippen LogP) is 4.45. The molecule has 1 heterocycles. The van der Waals surface area contributed by atoms with E-state index in [1.807, 2.05) is 18.2 Å². The zero-order valence-electron chi connectivity index (χ0n) is 11.1. The molecule has 0 fully saturated rings. The number of hydrogen-bond acceptors (Lipinski definition) is 3. The van der Waals surface area contributed by atoms with E-state index < -0.39 is 17.6 Å². The van der Waals surface area contributed by atoms with Gasteiger partial charge >= 0.3 is 5.97 Å². The van der Waals surface area contributed by atoms with Crippen molar-refractivity contribution < 1.29 is 18.7 Å². The van der Waals surface area contributed by atoms with E-state index >= 15 is 0 Å². The fourth-order valence-electron chi connectivity index (χ4n) is 2.01. The second-order valence-electron chi connectivity index (χ2n) is 4.50. The van der Waals surface area contributed by atoms with E-state index in [0.29, 0.717) is 5.01 Å². The molecule has 0 saturated heterocycles. The number of nitrogens with zero attached hydrogens (tertiary/aromatic N) is 1. The van der Waals surface area contributed by atoms with Gasteiger partial charge in [0.2, 0.25) is 0 Å². The molecule has 1 aromatic heterocycles. The van der Waals surface area contributed by atoms with Gasteiger partial charge in [0, 0.05) is 11.1 Å².